The molecule has 1 aromatic carbocycles. The first-order valence-electron chi connectivity index (χ1n) is 6.64. The van der Waals surface area contributed by atoms with E-state index in [1.807, 2.05) is 18.2 Å². The lowest BCUT2D eigenvalue weighted by Crippen LogP contribution is -2.37. The van der Waals surface area contributed by atoms with Gasteiger partial charge in [0.1, 0.15) is 0 Å². The van der Waals surface area contributed by atoms with Crippen LogP contribution in [0.15, 0.2) is 24.3 Å². The van der Waals surface area contributed by atoms with Crippen LogP contribution in [-0.4, -0.2) is 23.9 Å². The molecule has 2 rings (SSSR count). The third-order valence-corrected chi connectivity index (χ3v) is 4.06. The van der Waals surface area contributed by atoms with Crippen LogP contribution in [0.2, 0.25) is 5.02 Å². The minimum atomic E-state index is -0.0652. The summed E-state index contributed by atoms with van der Waals surface area (Å²) in [5, 5.41) is 0.826. The highest BCUT2D eigenvalue weighted by Gasteiger charge is 2.21. The van der Waals surface area contributed by atoms with Crippen LogP contribution < -0.4 is 11.3 Å². The van der Waals surface area contributed by atoms with Crippen molar-refractivity contribution in [3.8, 4) is 0 Å². The standard InChI is InChI=1S/C14H20ClN3O.CH4/c15-13-4-2-1-3-12(13)10-18-7-5-11(6-8-18)9-14(19)17-16;/h1-4,11H,5-10,16H2,(H,17,19);1H4. The van der Waals surface area contributed by atoms with Crippen molar-refractivity contribution in [3.63, 3.8) is 0 Å². The Balaban J connectivity index is 0.00000200. The van der Waals surface area contributed by atoms with Crippen molar-refractivity contribution in [2.45, 2.75) is 33.2 Å². The summed E-state index contributed by atoms with van der Waals surface area (Å²) in [6.45, 7) is 2.90. The lowest BCUT2D eigenvalue weighted by atomic mass is 9.93. The van der Waals surface area contributed by atoms with Gasteiger partial charge in [0.25, 0.3) is 0 Å². The Labute approximate surface area is 126 Å². The monoisotopic (exact) mass is 297 g/mol. The molecule has 0 bridgehead atoms. The van der Waals surface area contributed by atoms with Crippen molar-refractivity contribution in [1.82, 2.24) is 10.3 Å². The fourth-order valence-electron chi connectivity index (χ4n) is 2.54. The van der Waals surface area contributed by atoms with Gasteiger partial charge in [-0.15, -0.1) is 0 Å². The SMILES string of the molecule is C.NNC(=O)CC1CCN(Cc2ccccc2Cl)CC1. The Bertz CT molecular complexity index is 431. The number of rotatable bonds is 4. The normalized spacial score (nSPS) is 16.5. The van der Waals surface area contributed by atoms with Crippen LogP contribution >= 0.6 is 11.6 Å². The number of carbonyl (C=O) groups is 1. The summed E-state index contributed by atoms with van der Waals surface area (Å²) in [6.07, 6.45) is 2.62. The molecule has 4 nitrogen and oxygen atoms in total. The zero-order valence-corrected chi connectivity index (χ0v) is 11.7. The van der Waals surface area contributed by atoms with Crippen molar-refractivity contribution in [2.24, 2.45) is 11.8 Å². The van der Waals surface area contributed by atoms with E-state index in [4.69, 9.17) is 17.4 Å². The second-order valence-electron chi connectivity index (χ2n) is 5.08. The van der Waals surface area contributed by atoms with Crippen LogP contribution in [0.3, 0.4) is 0 Å². The average Bonchev–Trinajstić information content (AvgIpc) is 2.43. The van der Waals surface area contributed by atoms with E-state index < -0.39 is 0 Å². The fraction of sp³-hybridized carbons (Fsp3) is 0.533. The molecule has 112 valence electrons. The van der Waals surface area contributed by atoms with Gasteiger partial charge >= 0.3 is 0 Å². The Kier molecular flexibility index (Phi) is 6.99. The van der Waals surface area contributed by atoms with Gasteiger partial charge < -0.3 is 0 Å². The molecule has 0 unspecified atom stereocenters. The Morgan fingerprint density at radius 3 is 2.60 bits per heavy atom. The Morgan fingerprint density at radius 2 is 2.00 bits per heavy atom. The van der Waals surface area contributed by atoms with E-state index in [-0.39, 0.29) is 13.3 Å². The maximum Gasteiger partial charge on any atom is 0.234 e. The number of amides is 1. The van der Waals surface area contributed by atoms with Gasteiger partial charge in [-0.3, -0.25) is 15.1 Å². The number of hydrogen-bond acceptors (Lipinski definition) is 3. The predicted octanol–water partition coefficient (Wildman–Crippen LogP) is 2.57. The van der Waals surface area contributed by atoms with Gasteiger partial charge in [0.15, 0.2) is 0 Å². The van der Waals surface area contributed by atoms with Crippen LogP contribution in [0, 0.1) is 5.92 Å². The lowest BCUT2D eigenvalue weighted by molar-refractivity contribution is -0.122. The quantitative estimate of drug-likeness (QED) is 0.510. The molecule has 0 spiro atoms. The van der Waals surface area contributed by atoms with Crippen LogP contribution in [0.5, 0.6) is 0 Å². The molecule has 0 aliphatic carbocycles. The first-order valence-corrected chi connectivity index (χ1v) is 7.02. The largest absolute Gasteiger partial charge is 0.299 e. The third kappa shape index (κ3) is 4.78. The molecule has 0 atom stereocenters. The number of nitrogens with zero attached hydrogens (tertiary/aromatic N) is 1. The highest BCUT2D eigenvalue weighted by molar-refractivity contribution is 6.31. The van der Waals surface area contributed by atoms with E-state index in [2.05, 4.69) is 16.4 Å². The zero-order chi connectivity index (χ0) is 13.7. The fourth-order valence-corrected chi connectivity index (χ4v) is 2.73. The second-order valence-corrected chi connectivity index (χ2v) is 5.49. The van der Waals surface area contributed by atoms with E-state index in [0.717, 1.165) is 37.5 Å². The highest BCUT2D eigenvalue weighted by atomic mass is 35.5. The van der Waals surface area contributed by atoms with Crippen molar-refractivity contribution in [3.05, 3.63) is 34.9 Å². The molecule has 5 heteroatoms. The smallest absolute Gasteiger partial charge is 0.234 e. The molecule has 1 aliphatic heterocycles. The Hall–Kier alpha value is -1.10. The molecule has 1 aromatic rings. The van der Waals surface area contributed by atoms with Crippen molar-refractivity contribution in [2.75, 3.05) is 13.1 Å². The summed E-state index contributed by atoms with van der Waals surface area (Å²) in [5.74, 6) is 5.50. The molecule has 3 N–H and O–H groups in total. The van der Waals surface area contributed by atoms with E-state index in [1.54, 1.807) is 0 Å². The molecule has 0 saturated carbocycles. The number of halogens is 1. The summed E-state index contributed by atoms with van der Waals surface area (Å²) in [6, 6.07) is 7.95. The molecule has 1 aliphatic rings. The first kappa shape index (κ1) is 17.0. The summed E-state index contributed by atoms with van der Waals surface area (Å²) < 4.78 is 0. The topological polar surface area (TPSA) is 58.4 Å². The maximum absolute atomic E-state index is 11.2. The van der Waals surface area contributed by atoms with Gasteiger partial charge in [-0.2, -0.15) is 0 Å². The number of hydrazine groups is 1. The predicted molar refractivity (Wildman–Crippen MR) is 83.1 cm³/mol. The van der Waals surface area contributed by atoms with Crippen molar-refractivity contribution < 1.29 is 4.79 Å². The number of likely N-dealkylation sites (tertiary alicyclic amines) is 1. The summed E-state index contributed by atoms with van der Waals surface area (Å²) in [5.41, 5.74) is 3.37. The molecule has 0 radical (unpaired) electrons. The summed E-state index contributed by atoms with van der Waals surface area (Å²) in [4.78, 5) is 13.6. The lowest BCUT2D eigenvalue weighted by Gasteiger charge is -2.31. The highest BCUT2D eigenvalue weighted by Crippen LogP contribution is 2.23. The van der Waals surface area contributed by atoms with Gasteiger partial charge in [0.2, 0.25) is 5.91 Å². The first-order chi connectivity index (χ1) is 9.19. The molecular formula is C15H24ClN3O. The molecule has 1 fully saturated rings. The number of carbonyl (C=O) groups excluding carboxylic acids is 1. The second kappa shape index (κ2) is 8.25. The number of hydrogen-bond donors (Lipinski definition) is 2. The number of piperidine rings is 1. The minimum absolute atomic E-state index is 0. The van der Waals surface area contributed by atoms with E-state index in [1.165, 1.54) is 5.56 Å². The Morgan fingerprint density at radius 1 is 1.35 bits per heavy atom. The number of nitrogens with one attached hydrogen (secondary N) is 1. The van der Waals surface area contributed by atoms with Crippen molar-refractivity contribution in [1.29, 1.82) is 0 Å². The molecule has 1 heterocycles. The van der Waals surface area contributed by atoms with E-state index in [9.17, 15) is 4.79 Å². The minimum Gasteiger partial charge on any atom is -0.299 e. The van der Waals surface area contributed by atoms with Gasteiger partial charge in [0.05, 0.1) is 0 Å². The molecule has 1 amide bonds. The van der Waals surface area contributed by atoms with Crippen LogP contribution in [0.1, 0.15) is 32.3 Å². The third-order valence-electron chi connectivity index (χ3n) is 3.69. The summed E-state index contributed by atoms with van der Waals surface area (Å²) >= 11 is 6.17. The number of benzene rings is 1. The van der Waals surface area contributed by atoms with Crippen LogP contribution in [0.4, 0.5) is 0 Å². The van der Waals surface area contributed by atoms with Crippen LogP contribution in [-0.2, 0) is 11.3 Å². The van der Waals surface area contributed by atoms with Gasteiger partial charge in [0, 0.05) is 18.0 Å². The molecule has 20 heavy (non-hydrogen) atoms. The molecule has 1 saturated heterocycles. The zero-order valence-electron chi connectivity index (χ0n) is 10.9. The average molecular weight is 298 g/mol. The molecule has 0 aromatic heterocycles. The van der Waals surface area contributed by atoms with Gasteiger partial charge in [-0.25, -0.2) is 5.84 Å². The van der Waals surface area contributed by atoms with Crippen LogP contribution in [0.25, 0.3) is 0 Å². The maximum atomic E-state index is 11.2. The molecular weight excluding hydrogens is 274 g/mol. The van der Waals surface area contributed by atoms with Gasteiger partial charge in [-0.1, -0.05) is 37.2 Å². The van der Waals surface area contributed by atoms with E-state index in [0.29, 0.717) is 12.3 Å². The number of nitrogens with two attached hydrogens (primary N) is 1. The van der Waals surface area contributed by atoms with Gasteiger partial charge in [-0.05, 0) is 43.5 Å². The summed E-state index contributed by atoms with van der Waals surface area (Å²) in [7, 11) is 0. The van der Waals surface area contributed by atoms with Crippen molar-refractivity contribution >= 4 is 17.5 Å². The van der Waals surface area contributed by atoms with E-state index >= 15 is 0 Å².